The predicted molar refractivity (Wildman–Crippen MR) is 164 cm³/mol. The highest BCUT2D eigenvalue weighted by Gasteiger charge is 2.15. The molecule has 2 heterocycles. The van der Waals surface area contributed by atoms with Gasteiger partial charge in [-0.3, -0.25) is 4.79 Å². The van der Waals surface area contributed by atoms with E-state index in [1.807, 2.05) is 24.3 Å². The second-order valence-corrected chi connectivity index (χ2v) is 11.1. The zero-order chi connectivity index (χ0) is 27.4. The van der Waals surface area contributed by atoms with Gasteiger partial charge in [0, 0.05) is 42.1 Å². The van der Waals surface area contributed by atoms with Crippen molar-refractivity contribution in [2.75, 3.05) is 29.1 Å². The van der Waals surface area contributed by atoms with Gasteiger partial charge in [0.15, 0.2) is 11.0 Å². The molecule has 0 saturated heterocycles. The Labute approximate surface area is 237 Å². The Morgan fingerprint density at radius 2 is 1.67 bits per heavy atom. The van der Waals surface area contributed by atoms with E-state index in [1.54, 1.807) is 11.3 Å². The largest absolute Gasteiger partial charge is 0.372 e. The molecular formula is C30H32N6OS2. The first kappa shape index (κ1) is 26.9. The van der Waals surface area contributed by atoms with E-state index in [0.29, 0.717) is 0 Å². The number of nitrogens with zero attached hydrogens (tertiary/aromatic N) is 5. The van der Waals surface area contributed by atoms with Crippen molar-refractivity contribution in [3.63, 3.8) is 0 Å². The number of thiazole rings is 1. The molecule has 200 valence electrons. The van der Waals surface area contributed by atoms with E-state index in [0.717, 1.165) is 58.0 Å². The lowest BCUT2D eigenvalue weighted by Crippen LogP contribution is -2.21. The maximum Gasteiger partial charge on any atom is 0.234 e. The lowest BCUT2D eigenvalue weighted by atomic mass is 10.2. The molecule has 0 aliphatic rings. The lowest BCUT2D eigenvalue weighted by Gasteiger charge is -2.21. The van der Waals surface area contributed by atoms with E-state index in [-0.39, 0.29) is 11.7 Å². The number of carbonyl (C=O) groups is 1. The van der Waals surface area contributed by atoms with Gasteiger partial charge in [-0.05, 0) is 93.9 Å². The molecule has 0 saturated carbocycles. The smallest absolute Gasteiger partial charge is 0.234 e. The van der Waals surface area contributed by atoms with Crippen LogP contribution in [0.5, 0.6) is 0 Å². The second-order valence-electron chi connectivity index (χ2n) is 9.17. The number of hydrogen-bond donors (Lipinski definition) is 1. The second kappa shape index (κ2) is 12.0. The van der Waals surface area contributed by atoms with E-state index < -0.39 is 0 Å². The number of amides is 1. The van der Waals surface area contributed by atoms with Gasteiger partial charge in [-0.15, -0.1) is 21.5 Å². The normalized spacial score (nSPS) is 11.2. The Morgan fingerprint density at radius 3 is 2.36 bits per heavy atom. The standard InChI is InChI=1S/C30H32N6OS2/c1-5-35(6-2)24-15-11-21(12-16-24)28-33-34-30(36(28)7-3)38-19-27(37)31-23-13-9-22(10-14-23)29-32-25-17-8-20(4)18-26(25)39-29/h8-18H,5-7,19H2,1-4H3,(H,31,37). The average Bonchev–Trinajstić information content (AvgIpc) is 3.57. The van der Waals surface area contributed by atoms with Crippen LogP contribution in [0.2, 0.25) is 0 Å². The predicted octanol–water partition coefficient (Wildman–Crippen LogP) is 7.13. The fourth-order valence-corrected chi connectivity index (χ4v) is 6.35. The van der Waals surface area contributed by atoms with Gasteiger partial charge >= 0.3 is 0 Å². The number of rotatable bonds is 10. The van der Waals surface area contributed by atoms with Gasteiger partial charge in [0.1, 0.15) is 5.01 Å². The molecule has 1 N–H and O–H groups in total. The van der Waals surface area contributed by atoms with Crippen molar-refractivity contribution in [2.45, 2.75) is 39.4 Å². The van der Waals surface area contributed by atoms with Crippen LogP contribution in [0.4, 0.5) is 11.4 Å². The maximum absolute atomic E-state index is 12.7. The fraction of sp³-hybridized carbons (Fsp3) is 0.267. The van der Waals surface area contributed by atoms with E-state index in [4.69, 9.17) is 4.98 Å². The van der Waals surface area contributed by atoms with E-state index in [9.17, 15) is 4.79 Å². The third kappa shape index (κ3) is 5.99. The van der Waals surface area contributed by atoms with Crippen LogP contribution in [-0.4, -0.2) is 44.5 Å². The molecule has 5 rings (SSSR count). The van der Waals surface area contributed by atoms with Crippen molar-refractivity contribution in [2.24, 2.45) is 0 Å². The topological polar surface area (TPSA) is 75.9 Å². The third-order valence-corrected chi connectivity index (χ3v) is 8.61. The van der Waals surface area contributed by atoms with Crippen LogP contribution in [0.1, 0.15) is 26.3 Å². The van der Waals surface area contributed by atoms with Crippen molar-refractivity contribution in [3.8, 4) is 22.0 Å². The molecule has 39 heavy (non-hydrogen) atoms. The van der Waals surface area contributed by atoms with E-state index in [1.165, 1.54) is 27.7 Å². The van der Waals surface area contributed by atoms with E-state index in [2.05, 4.69) is 95.1 Å². The first-order valence-electron chi connectivity index (χ1n) is 13.2. The Kier molecular flexibility index (Phi) is 8.28. The molecule has 0 unspecified atom stereocenters. The monoisotopic (exact) mass is 556 g/mol. The van der Waals surface area contributed by atoms with Crippen LogP contribution in [0.15, 0.2) is 71.9 Å². The minimum absolute atomic E-state index is 0.0843. The Morgan fingerprint density at radius 1 is 0.949 bits per heavy atom. The zero-order valence-corrected chi connectivity index (χ0v) is 24.3. The van der Waals surface area contributed by atoms with Crippen LogP contribution in [0.25, 0.3) is 32.2 Å². The van der Waals surface area contributed by atoms with Crippen LogP contribution in [0.3, 0.4) is 0 Å². The van der Waals surface area contributed by atoms with Crippen molar-refractivity contribution in [3.05, 3.63) is 72.3 Å². The summed E-state index contributed by atoms with van der Waals surface area (Å²) < 4.78 is 3.23. The Bertz CT molecular complexity index is 1570. The molecule has 3 aromatic carbocycles. The summed E-state index contributed by atoms with van der Waals surface area (Å²) in [5.74, 6) is 0.976. The number of thioether (sulfide) groups is 1. The quantitative estimate of drug-likeness (QED) is 0.185. The molecule has 7 nitrogen and oxygen atoms in total. The van der Waals surface area contributed by atoms with Crippen LogP contribution < -0.4 is 10.2 Å². The molecule has 0 radical (unpaired) electrons. The summed E-state index contributed by atoms with van der Waals surface area (Å²) in [5.41, 5.74) is 6.24. The third-order valence-electron chi connectivity index (χ3n) is 6.58. The molecule has 0 spiro atoms. The number of aryl methyl sites for hydroxylation is 1. The summed E-state index contributed by atoms with van der Waals surface area (Å²) >= 11 is 3.07. The molecule has 0 aliphatic heterocycles. The Balaban J connectivity index is 1.21. The van der Waals surface area contributed by atoms with Gasteiger partial charge in [0.25, 0.3) is 0 Å². The molecular weight excluding hydrogens is 525 g/mol. The number of carbonyl (C=O) groups excluding carboxylic acids is 1. The number of anilines is 2. The number of fused-ring (bicyclic) bond motifs is 1. The number of nitrogens with one attached hydrogen (secondary N) is 1. The SMILES string of the molecule is CCN(CC)c1ccc(-c2nnc(SCC(=O)Nc3ccc(-c4nc5ccc(C)cc5s4)cc3)n2CC)cc1. The van der Waals surface area contributed by atoms with Gasteiger partial charge in [-0.25, -0.2) is 4.98 Å². The Hall–Kier alpha value is -3.69. The highest BCUT2D eigenvalue weighted by molar-refractivity contribution is 7.99. The maximum atomic E-state index is 12.7. The lowest BCUT2D eigenvalue weighted by molar-refractivity contribution is -0.113. The minimum Gasteiger partial charge on any atom is -0.372 e. The zero-order valence-electron chi connectivity index (χ0n) is 22.6. The fourth-order valence-electron chi connectivity index (χ4n) is 4.48. The number of benzene rings is 3. The molecule has 0 atom stereocenters. The van der Waals surface area contributed by atoms with Gasteiger partial charge in [0.05, 0.1) is 16.0 Å². The first-order chi connectivity index (χ1) is 19.0. The van der Waals surface area contributed by atoms with Crippen molar-refractivity contribution in [1.29, 1.82) is 0 Å². The van der Waals surface area contributed by atoms with E-state index >= 15 is 0 Å². The highest BCUT2D eigenvalue weighted by atomic mass is 32.2. The molecule has 0 aliphatic carbocycles. The molecule has 2 aromatic heterocycles. The van der Waals surface area contributed by atoms with Crippen molar-refractivity contribution < 1.29 is 4.79 Å². The van der Waals surface area contributed by atoms with Gasteiger partial charge in [-0.2, -0.15) is 0 Å². The average molecular weight is 557 g/mol. The molecule has 9 heteroatoms. The summed E-state index contributed by atoms with van der Waals surface area (Å²) in [6.45, 7) is 11.1. The molecule has 0 bridgehead atoms. The molecule has 0 fully saturated rings. The van der Waals surface area contributed by atoms with Crippen LogP contribution >= 0.6 is 23.1 Å². The first-order valence-corrected chi connectivity index (χ1v) is 15.0. The summed E-state index contributed by atoms with van der Waals surface area (Å²) in [4.78, 5) is 19.8. The summed E-state index contributed by atoms with van der Waals surface area (Å²) in [6.07, 6.45) is 0. The van der Waals surface area contributed by atoms with Crippen molar-refractivity contribution >= 4 is 50.6 Å². The highest BCUT2D eigenvalue weighted by Crippen LogP contribution is 2.31. The van der Waals surface area contributed by atoms with Crippen molar-refractivity contribution in [1.82, 2.24) is 19.7 Å². The van der Waals surface area contributed by atoms with Gasteiger partial charge < -0.3 is 14.8 Å². The summed E-state index contributed by atoms with van der Waals surface area (Å²) in [7, 11) is 0. The molecule has 1 amide bonds. The number of aromatic nitrogens is 4. The minimum atomic E-state index is -0.0843. The van der Waals surface area contributed by atoms with Crippen LogP contribution in [-0.2, 0) is 11.3 Å². The van der Waals surface area contributed by atoms with Gasteiger partial charge in [0.2, 0.25) is 5.91 Å². The summed E-state index contributed by atoms with van der Waals surface area (Å²) in [5, 5.41) is 13.5. The number of hydrogen-bond acceptors (Lipinski definition) is 7. The summed E-state index contributed by atoms with van der Waals surface area (Å²) in [6, 6.07) is 22.6. The molecule has 5 aromatic rings. The van der Waals surface area contributed by atoms with Crippen LogP contribution in [0, 0.1) is 6.92 Å². The van der Waals surface area contributed by atoms with Gasteiger partial charge in [-0.1, -0.05) is 17.8 Å².